The van der Waals surface area contributed by atoms with Gasteiger partial charge >= 0.3 is 0 Å². The van der Waals surface area contributed by atoms with Gasteiger partial charge in [0.15, 0.2) is 4.77 Å². The number of amides is 1. The minimum absolute atomic E-state index is 0.0566. The molecule has 2 N–H and O–H groups in total. The first-order valence-electron chi connectivity index (χ1n) is 9.42. The largest absolute Gasteiger partial charge is 0.494 e. The average Bonchev–Trinajstić information content (AvgIpc) is 3.13. The first kappa shape index (κ1) is 21.4. The van der Waals surface area contributed by atoms with Gasteiger partial charge in [0.1, 0.15) is 5.56 Å². The third-order valence-corrected chi connectivity index (χ3v) is 5.22. The minimum atomic E-state index is -0.636. The number of aromatic amines is 1. The van der Waals surface area contributed by atoms with E-state index in [9.17, 15) is 24.8 Å². The number of nitrogens with one attached hydrogen (secondary N) is 1. The molecular weight excluding hydrogens is 410 g/mol. The molecule has 0 aliphatic carbocycles. The number of nitro benzene ring substituents is 1. The molecule has 1 aromatic heterocycles. The van der Waals surface area contributed by atoms with E-state index < -0.39 is 22.4 Å². The fourth-order valence-corrected chi connectivity index (χ4v) is 3.67. The summed E-state index contributed by atoms with van der Waals surface area (Å²) in [6, 6.07) is 5.27. The van der Waals surface area contributed by atoms with Gasteiger partial charge in [0, 0.05) is 32.0 Å². The lowest BCUT2D eigenvalue weighted by molar-refractivity contribution is -0.384. The highest BCUT2D eigenvalue weighted by molar-refractivity contribution is 7.71. The maximum absolute atomic E-state index is 12.6. The standard InChI is InChI=1S/C19H21N5O5S/c1-3-4-8-22-18(27)16(17(26)20-19(22)30)14-10-15(23(21-14)11(2)25)12-6-5-7-13(9-12)24(28)29/h5-7,9,15,27H,3-4,8,10H2,1-2H3,(H,20,26,30)/t15-/m1/s1. The molecule has 0 saturated carbocycles. The van der Waals surface area contributed by atoms with Crippen LogP contribution in [-0.4, -0.2) is 36.2 Å². The molecule has 0 bridgehead atoms. The third kappa shape index (κ3) is 4.01. The van der Waals surface area contributed by atoms with Crippen LogP contribution in [0.25, 0.3) is 0 Å². The Bertz CT molecular complexity index is 1150. The molecule has 0 radical (unpaired) electrons. The number of hydrazone groups is 1. The zero-order valence-electron chi connectivity index (χ0n) is 16.5. The summed E-state index contributed by atoms with van der Waals surface area (Å²) >= 11 is 5.16. The molecule has 158 valence electrons. The number of H-pyrrole nitrogens is 1. The van der Waals surface area contributed by atoms with E-state index in [2.05, 4.69) is 10.1 Å². The Morgan fingerprint density at radius 1 is 1.47 bits per heavy atom. The lowest BCUT2D eigenvalue weighted by Crippen LogP contribution is -2.24. The highest BCUT2D eigenvalue weighted by Gasteiger charge is 2.34. The zero-order chi connectivity index (χ0) is 22.0. The lowest BCUT2D eigenvalue weighted by atomic mass is 9.98. The number of rotatable bonds is 6. The molecule has 1 amide bonds. The molecule has 1 aliphatic rings. The van der Waals surface area contributed by atoms with Crippen LogP contribution in [-0.2, 0) is 11.3 Å². The summed E-state index contributed by atoms with van der Waals surface area (Å²) in [5.41, 5.74) is -0.0578. The summed E-state index contributed by atoms with van der Waals surface area (Å²) in [4.78, 5) is 37.9. The first-order chi connectivity index (χ1) is 14.2. The predicted octanol–water partition coefficient (Wildman–Crippen LogP) is 3.02. The summed E-state index contributed by atoms with van der Waals surface area (Å²) in [6.45, 7) is 3.72. The van der Waals surface area contributed by atoms with Crippen LogP contribution in [0.5, 0.6) is 5.88 Å². The van der Waals surface area contributed by atoms with Crippen molar-refractivity contribution < 1.29 is 14.8 Å². The topological polar surface area (TPSA) is 134 Å². The smallest absolute Gasteiger partial charge is 0.269 e. The number of aromatic hydroxyl groups is 1. The molecular formula is C19H21N5O5S. The van der Waals surface area contributed by atoms with E-state index in [1.165, 1.54) is 34.7 Å². The average molecular weight is 431 g/mol. The number of carbonyl (C=O) groups is 1. The van der Waals surface area contributed by atoms with Crippen LogP contribution in [0.4, 0.5) is 5.69 Å². The maximum atomic E-state index is 12.6. The van der Waals surface area contributed by atoms with Crippen LogP contribution in [0.2, 0.25) is 0 Å². The van der Waals surface area contributed by atoms with Crippen LogP contribution in [0, 0.1) is 14.9 Å². The Balaban J connectivity index is 2.07. The van der Waals surface area contributed by atoms with Crippen LogP contribution in [0.1, 0.15) is 50.3 Å². The Labute approximate surface area is 176 Å². The second-order valence-corrected chi connectivity index (χ2v) is 7.33. The van der Waals surface area contributed by atoms with E-state index >= 15 is 0 Å². The Kier molecular flexibility index (Phi) is 6.11. The van der Waals surface area contributed by atoms with Gasteiger partial charge in [-0.1, -0.05) is 25.5 Å². The first-order valence-corrected chi connectivity index (χ1v) is 9.83. The molecule has 1 aromatic carbocycles. The van der Waals surface area contributed by atoms with Crippen LogP contribution in [0.3, 0.4) is 0 Å². The summed E-state index contributed by atoms with van der Waals surface area (Å²) < 4.78 is 1.53. The zero-order valence-corrected chi connectivity index (χ0v) is 17.3. The summed E-state index contributed by atoms with van der Waals surface area (Å²) in [6.07, 6.45) is 1.72. The Morgan fingerprint density at radius 3 is 2.83 bits per heavy atom. The van der Waals surface area contributed by atoms with Gasteiger partial charge in [-0.25, -0.2) is 5.01 Å². The summed E-state index contributed by atoms with van der Waals surface area (Å²) in [7, 11) is 0. The highest BCUT2D eigenvalue weighted by atomic mass is 32.1. The summed E-state index contributed by atoms with van der Waals surface area (Å²) in [5, 5.41) is 27.3. The molecule has 1 aliphatic heterocycles. The number of carbonyl (C=O) groups excluding carboxylic acids is 1. The number of hydrogen-bond acceptors (Lipinski definition) is 7. The molecule has 10 nitrogen and oxygen atoms in total. The highest BCUT2D eigenvalue weighted by Crippen LogP contribution is 2.35. The van der Waals surface area contributed by atoms with Crippen LogP contribution < -0.4 is 5.56 Å². The van der Waals surface area contributed by atoms with E-state index in [-0.39, 0.29) is 34.0 Å². The summed E-state index contributed by atoms with van der Waals surface area (Å²) in [5.74, 6) is -0.699. The van der Waals surface area contributed by atoms with Gasteiger partial charge < -0.3 is 5.11 Å². The van der Waals surface area contributed by atoms with Gasteiger partial charge in [0.2, 0.25) is 11.8 Å². The van der Waals surface area contributed by atoms with E-state index in [1.807, 2.05) is 6.92 Å². The molecule has 0 fully saturated rings. The Hall–Kier alpha value is -3.34. The maximum Gasteiger partial charge on any atom is 0.269 e. The number of aromatic nitrogens is 2. The third-order valence-electron chi connectivity index (χ3n) is 4.89. The molecule has 2 heterocycles. The van der Waals surface area contributed by atoms with Crippen molar-refractivity contribution in [3.8, 4) is 5.88 Å². The van der Waals surface area contributed by atoms with Crippen molar-refractivity contribution >= 4 is 29.5 Å². The molecule has 2 aromatic rings. The number of nitrogens with zero attached hydrogens (tertiary/aromatic N) is 4. The van der Waals surface area contributed by atoms with Crippen molar-refractivity contribution in [3.05, 3.63) is 60.6 Å². The minimum Gasteiger partial charge on any atom is -0.494 e. The molecule has 30 heavy (non-hydrogen) atoms. The van der Waals surface area contributed by atoms with Crippen LogP contribution in [0.15, 0.2) is 34.2 Å². The van der Waals surface area contributed by atoms with Crippen molar-refractivity contribution in [1.82, 2.24) is 14.6 Å². The molecule has 0 spiro atoms. The van der Waals surface area contributed by atoms with Crippen LogP contribution >= 0.6 is 12.2 Å². The van der Waals surface area contributed by atoms with Gasteiger partial charge in [-0.15, -0.1) is 0 Å². The second kappa shape index (κ2) is 8.57. The predicted molar refractivity (Wildman–Crippen MR) is 112 cm³/mol. The van der Waals surface area contributed by atoms with E-state index in [1.54, 1.807) is 6.07 Å². The van der Waals surface area contributed by atoms with Crippen molar-refractivity contribution in [2.75, 3.05) is 0 Å². The van der Waals surface area contributed by atoms with Gasteiger partial charge in [0.25, 0.3) is 11.2 Å². The van der Waals surface area contributed by atoms with Crippen molar-refractivity contribution in [1.29, 1.82) is 0 Å². The number of benzene rings is 1. The molecule has 3 rings (SSSR count). The van der Waals surface area contributed by atoms with Gasteiger partial charge in [-0.05, 0) is 24.2 Å². The monoisotopic (exact) mass is 431 g/mol. The fraction of sp³-hybridized carbons (Fsp3) is 0.368. The van der Waals surface area contributed by atoms with E-state index in [0.29, 0.717) is 12.1 Å². The van der Waals surface area contributed by atoms with Crippen molar-refractivity contribution in [3.63, 3.8) is 0 Å². The van der Waals surface area contributed by atoms with E-state index in [4.69, 9.17) is 12.2 Å². The van der Waals surface area contributed by atoms with Gasteiger partial charge in [-0.3, -0.25) is 29.3 Å². The quantitative estimate of drug-likeness (QED) is 0.410. The van der Waals surface area contributed by atoms with Gasteiger partial charge in [0.05, 0.1) is 16.7 Å². The number of non-ortho nitro benzene ring substituents is 1. The lowest BCUT2D eigenvalue weighted by Gasteiger charge is -2.20. The van der Waals surface area contributed by atoms with Gasteiger partial charge in [-0.2, -0.15) is 5.10 Å². The fourth-order valence-electron chi connectivity index (χ4n) is 3.40. The SMILES string of the molecule is CCCCn1c(O)c(C2=NN(C(C)=O)[C@@H](c3cccc([N+](=O)[O-])c3)C2)c(=O)[nH]c1=S. The Morgan fingerprint density at radius 2 is 2.20 bits per heavy atom. The number of hydrogen-bond donors (Lipinski definition) is 2. The van der Waals surface area contributed by atoms with Crippen molar-refractivity contribution in [2.45, 2.75) is 45.7 Å². The molecule has 0 saturated heterocycles. The normalized spacial score (nSPS) is 15.9. The molecule has 1 atom stereocenters. The molecule has 0 unspecified atom stereocenters. The van der Waals surface area contributed by atoms with Crippen molar-refractivity contribution in [2.24, 2.45) is 5.10 Å². The number of unbranched alkanes of at least 4 members (excludes halogenated alkanes) is 1. The van der Waals surface area contributed by atoms with E-state index in [0.717, 1.165) is 12.8 Å². The second-order valence-electron chi connectivity index (χ2n) is 6.95. The molecule has 11 heteroatoms. The number of nitro groups is 1.